The number of carbonyl (C=O) groups excluding carboxylic acids is 1. The maximum absolute atomic E-state index is 12.1. The van der Waals surface area contributed by atoms with E-state index in [1.54, 1.807) is 17.7 Å². The standard InChI is InChI=1S/C23H25Cl2N3O3/c1-2-30-23(29)22-26-16-27-28(22)14-19(31-15-17-8-4-3-5-9-17)12-6-10-18-11-7-13-20(24)21(18)25/h3-5,7-9,11,13,16,19H,2,6,10,12,14-15H2,1H3. The lowest BCUT2D eigenvalue weighted by Gasteiger charge is -2.19. The van der Waals surface area contributed by atoms with Gasteiger partial charge >= 0.3 is 5.97 Å². The Morgan fingerprint density at radius 2 is 1.94 bits per heavy atom. The molecule has 1 aromatic heterocycles. The number of halogens is 2. The van der Waals surface area contributed by atoms with E-state index in [-0.39, 0.29) is 18.5 Å². The topological polar surface area (TPSA) is 66.2 Å². The fourth-order valence-corrected chi connectivity index (χ4v) is 3.64. The monoisotopic (exact) mass is 461 g/mol. The van der Waals surface area contributed by atoms with Gasteiger partial charge in [0.2, 0.25) is 5.82 Å². The van der Waals surface area contributed by atoms with E-state index >= 15 is 0 Å². The molecule has 0 radical (unpaired) electrons. The quantitative estimate of drug-likeness (QED) is 0.359. The van der Waals surface area contributed by atoms with Crippen molar-refractivity contribution in [3.63, 3.8) is 0 Å². The predicted molar refractivity (Wildman–Crippen MR) is 120 cm³/mol. The second-order valence-electron chi connectivity index (χ2n) is 7.01. The predicted octanol–water partition coefficient (Wildman–Crippen LogP) is 5.37. The Kier molecular flexibility index (Phi) is 8.88. The lowest BCUT2D eigenvalue weighted by molar-refractivity contribution is 0.0186. The summed E-state index contributed by atoms with van der Waals surface area (Å²) in [4.78, 5) is 16.2. The number of ether oxygens (including phenoxy) is 2. The number of rotatable bonds is 11. The SMILES string of the molecule is CCOC(=O)c1ncnn1CC(CCCc1cccc(Cl)c1Cl)OCc1ccccc1. The number of hydrogen-bond donors (Lipinski definition) is 0. The summed E-state index contributed by atoms with van der Waals surface area (Å²) in [5.41, 5.74) is 2.08. The van der Waals surface area contributed by atoms with Gasteiger partial charge in [0.15, 0.2) is 0 Å². The van der Waals surface area contributed by atoms with Gasteiger partial charge in [0.1, 0.15) is 6.33 Å². The number of nitrogens with zero attached hydrogens (tertiary/aromatic N) is 3. The highest BCUT2D eigenvalue weighted by molar-refractivity contribution is 6.42. The lowest BCUT2D eigenvalue weighted by atomic mass is 10.1. The largest absolute Gasteiger partial charge is 0.460 e. The summed E-state index contributed by atoms with van der Waals surface area (Å²) in [6, 6.07) is 15.6. The molecule has 2 aromatic carbocycles. The first-order valence-corrected chi connectivity index (χ1v) is 11.0. The molecule has 0 amide bonds. The van der Waals surface area contributed by atoms with E-state index in [1.165, 1.54) is 6.33 Å². The molecule has 0 spiro atoms. The Bertz CT molecular complexity index is 979. The number of carbonyl (C=O) groups is 1. The molecule has 0 aliphatic rings. The first-order chi connectivity index (χ1) is 15.1. The van der Waals surface area contributed by atoms with Crippen LogP contribution in [0.2, 0.25) is 10.0 Å². The minimum Gasteiger partial charge on any atom is -0.460 e. The third-order valence-corrected chi connectivity index (χ3v) is 5.64. The summed E-state index contributed by atoms with van der Waals surface area (Å²) in [7, 11) is 0. The minimum atomic E-state index is -0.493. The van der Waals surface area contributed by atoms with Crippen molar-refractivity contribution in [2.45, 2.75) is 45.4 Å². The first-order valence-electron chi connectivity index (χ1n) is 10.2. The van der Waals surface area contributed by atoms with Crippen LogP contribution in [0, 0.1) is 0 Å². The molecule has 0 aliphatic carbocycles. The summed E-state index contributed by atoms with van der Waals surface area (Å²) in [5, 5.41) is 5.34. The molecule has 31 heavy (non-hydrogen) atoms. The summed E-state index contributed by atoms with van der Waals surface area (Å²) in [6.45, 7) is 2.89. The van der Waals surface area contributed by atoms with Gasteiger partial charge in [0, 0.05) is 0 Å². The fourth-order valence-electron chi connectivity index (χ4n) is 3.22. The van der Waals surface area contributed by atoms with Crippen LogP contribution in [0.4, 0.5) is 0 Å². The van der Waals surface area contributed by atoms with Crippen LogP contribution in [-0.2, 0) is 29.0 Å². The average molecular weight is 462 g/mol. The molecular formula is C23H25Cl2N3O3. The third kappa shape index (κ3) is 6.79. The Labute approximate surface area is 192 Å². The molecule has 0 N–H and O–H groups in total. The van der Waals surface area contributed by atoms with Crippen LogP contribution >= 0.6 is 23.2 Å². The zero-order chi connectivity index (χ0) is 22.1. The van der Waals surface area contributed by atoms with Crippen LogP contribution in [-0.4, -0.2) is 33.4 Å². The molecule has 6 nitrogen and oxygen atoms in total. The van der Waals surface area contributed by atoms with Gasteiger partial charge in [-0.3, -0.25) is 0 Å². The zero-order valence-electron chi connectivity index (χ0n) is 17.3. The van der Waals surface area contributed by atoms with Gasteiger partial charge in [-0.25, -0.2) is 14.5 Å². The van der Waals surface area contributed by atoms with E-state index in [4.69, 9.17) is 32.7 Å². The highest BCUT2D eigenvalue weighted by Gasteiger charge is 2.19. The van der Waals surface area contributed by atoms with Gasteiger partial charge in [-0.15, -0.1) is 0 Å². The zero-order valence-corrected chi connectivity index (χ0v) is 18.9. The summed E-state index contributed by atoms with van der Waals surface area (Å²) in [5.74, 6) is -0.319. The number of hydrogen-bond acceptors (Lipinski definition) is 5. The van der Waals surface area contributed by atoms with E-state index in [2.05, 4.69) is 10.1 Å². The molecule has 1 atom stereocenters. The summed E-state index contributed by atoms with van der Waals surface area (Å²) >= 11 is 12.4. The Balaban J connectivity index is 1.66. The molecule has 1 heterocycles. The van der Waals surface area contributed by atoms with E-state index < -0.39 is 5.97 Å². The van der Waals surface area contributed by atoms with E-state index in [0.717, 1.165) is 30.4 Å². The first kappa shape index (κ1) is 23.3. The van der Waals surface area contributed by atoms with Crippen molar-refractivity contribution in [3.05, 3.63) is 81.9 Å². The van der Waals surface area contributed by atoms with Crippen LogP contribution < -0.4 is 0 Å². The van der Waals surface area contributed by atoms with Crippen molar-refractivity contribution >= 4 is 29.2 Å². The number of benzene rings is 2. The molecule has 0 bridgehead atoms. The van der Waals surface area contributed by atoms with Crippen molar-refractivity contribution in [2.24, 2.45) is 0 Å². The Morgan fingerprint density at radius 3 is 2.71 bits per heavy atom. The van der Waals surface area contributed by atoms with Crippen molar-refractivity contribution in [1.29, 1.82) is 0 Å². The highest BCUT2D eigenvalue weighted by Crippen LogP contribution is 2.27. The van der Waals surface area contributed by atoms with Gasteiger partial charge in [0.25, 0.3) is 0 Å². The van der Waals surface area contributed by atoms with Crippen LogP contribution in [0.25, 0.3) is 0 Å². The van der Waals surface area contributed by atoms with Gasteiger partial charge in [0.05, 0.1) is 35.9 Å². The smallest absolute Gasteiger partial charge is 0.376 e. The van der Waals surface area contributed by atoms with E-state index in [9.17, 15) is 4.79 Å². The fraction of sp³-hybridized carbons (Fsp3) is 0.348. The van der Waals surface area contributed by atoms with Gasteiger partial charge in [-0.05, 0) is 43.4 Å². The normalized spacial score (nSPS) is 12.0. The third-order valence-electron chi connectivity index (χ3n) is 4.78. The van der Waals surface area contributed by atoms with Crippen molar-refractivity contribution in [1.82, 2.24) is 14.8 Å². The Morgan fingerprint density at radius 1 is 1.13 bits per heavy atom. The van der Waals surface area contributed by atoms with Crippen LogP contribution in [0.5, 0.6) is 0 Å². The molecule has 0 fully saturated rings. The van der Waals surface area contributed by atoms with Crippen molar-refractivity contribution in [3.8, 4) is 0 Å². The average Bonchev–Trinajstić information content (AvgIpc) is 3.24. The maximum atomic E-state index is 12.1. The van der Waals surface area contributed by atoms with E-state index in [0.29, 0.717) is 23.2 Å². The molecule has 164 valence electrons. The maximum Gasteiger partial charge on any atom is 0.376 e. The lowest BCUT2D eigenvalue weighted by Crippen LogP contribution is -2.24. The molecular weight excluding hydrogens is 437 g/mol. The number of aryl methyl sites for hydroxylation is 1. The Hall–Kier alpha value is -2.41. The molecule has 0 aliphatic heterocycles. The molecule has 3 rings (SSSR count). The molecule has 0 saturated heterocycles. The van der Waals surface area contributed by atoms with Crippen LogP contribution in [0.15, 0.2) is 54.9 Å². The van der Waals surface area contributed by atoms with Gasteiger partial charge in [-0.2, -0.15) is 5.10 Å². The number of aromatic nitrogens is 3. The van der Waals surface area contributed by atoms with Gasteiger partial charge in [-0.1, -0.05) is 65.7 Å². The molecule has 0 saturated carbocycles. The van der Waals surface area contributed by atoms with Crippen LogP contribution in [0.1, 0.15) is 41.5 Å². The second-order valence-corrected chi connectivity index (χ2v) is 7.80. The second kappa shape index (κ2) is 11.8. The summed E-state index contributed by atoms with van der Waals surface area (Å²) in [6.07, 6.45) is 3.53. The van der Waals surface area contributed by atoms with Crippen LogP contribution in [0.3, 0.4) is 0 Å². The minimum absolute atomic E-state index is 0.173. The molecule has 8 heteroatoms. The molecule has 1 unspecified atom stereocenters. The number of esters is 1. The van der Waals surface area contributed by atoms with Crippen molar-refractivity contribution < 1.29 is 14.3 Å². The van der Waals surface area contributed by atoms with Crippen molar-refractivity contribution in [2.75, 3.05) is 6.61 Å². The highest BCUT2D eigenvalue weighted by atomic mass is 35.5. The summed E-state index contributed by atoms with van der Waals surface area (Å²) < 4.78 is 12.8. The molecule has 3 aromatic rings. The van der Waals surface area contributed by atoms with E-state index in [1.807, 2.05) is 42.5 Å². The van der Waals surface area contributed by atoms with Gasteiger partial charge < -0.3 is 9.47 Å².